The third-order valence-corrected chi connectivity index (χ3v) is 8.82. The van der Waals surface area contributed by atoms with Gasteiger partial charge in [0.2, 0.25) is 20.0 Å². The molecule has 3 rings (SSSR count). The molecule has 0 aliphatic carbocycles. The lowest BCUT2D eigenvalue weighted by molar-refractivity contribution is 0.0730. The molecule has 29 heavy (non-hydrogen) atoms. The minimum atomic E-state index is -3.66. The second-order valence-corrected chi connectivity index (χ2v) is 11.5. The van der Waals surface area contributed by atoms with Crippen molar-refractivity contribution < 1.29 is 21.6 Å². The molecule has 0 aromatic heterocycles. The van der Waals surface area contributed by atoms with E-state index in [-0.39, 0.29) is 9.79 Å². The maximum Gasteiger partial charge on any atom is 0.243 e. The van der Waals surface area contributed by atoms with Crippen molar-refractivity contribution in [3.63, 3.8) is 0 Å². The minimum absolute atomic E-state index is 0.0741. The lowest BCUT2D eigenvalue weighted by Crippen LogP contribution is -2.40. The van der Waals surface area contributed by atoms with Crippen LogP contribution in [0.5, 0.6) is 0 Å². The summed E-state index contributed by atoms with van der Waals surface area (Å²) in [7, 11) is -7.29. The van der Waals surface area contributed by atoms with Crippen LogP contribution in [0.4, 0.5) is 0 Å². The Bertz CT molecular complexity index is 866. The predicted octanol–water partition coefficient (Wildman–Crippen LogP) is 1.11. The number of nitrogens with one attached hydrogen (secondary N) is 1. The molecule has 1 aromatic carbocycles. The molecule has 1 N–H and O–H groups in total. The summed E-state index contributed by atoms with van der Waals surface area (Å²) in [5.41, 5.74) is 0. The van der Waals surface area contributed by atoms with Crippen molar-refractivity contribution in [2.45, 2.75) is 36.0 Å². The van der Waals surface area contributed by atoms with Gasteiger partial charge in [0, 0.05) is 26.2 Å². The van der Waals surface area contributed by atoms with Crippen LogP contribution in [0.1, 0.15) is 26.2 Å². The van der Waals surface area contributed by atoms with Crippen LogP contribution in [0.2, 0.25) is 0 Å². The third kappa shape index (κ3) is 5.99. The zero-order chi connectivity index (χ0) is 20.9. The van der Waals surface area contributed by atoms with E-state index in [4.69, 9.17) is 4.74 Å². The van der Waals surface area contributed by atoms with Gasteiger partial charge >= 0.3 is 0 Å². The first-order valence-electron chi connectivity index (χ1n) is 10.2. The van der Waals surface area contributed by atoms with Gasteiger partial charge in [-0.2, -0.15) is 4.31 Å². The summed E-state index contributed by atoms with van der Waals surface area (Å²) in [4.78, 5) is 2.55. The Balaban J connectivity index is 1.54. The maximum atomic E-state index is 12.6. The van der Waals surface area contributed by atoms with Gasteiger partial charge in [0.15, 0.2) is 0 Å². The van der Waals surface area contributed by atoms with E-state index >= 15 is 0 Å². The summed E-state index contributed by atoms with van der Waals surface area (Å²) < 4.78 is 59.4. The van der Waals surface area contributed by atoms with Crippen molar-refractivity contribution in [1.29, 1.82) is 0 Å². The lowest BCUT2D eigenvalue weighted by Gasteiger charge is -2.30. The summed E-state index contributed by atoms with van der Waals surface area (Å²) >= 11 is 0. The Labute approximate surface area is 174 Å². The molecule has 2 heterocycles. The summed E-state index contributed by atoms with van der Waals surface area (Å²) in [5, 5.41) is 0. The van der Waals surface area contributed by atoms with Crippen LogP contribution in [0, 0.1) is 5.92 Å². The van der Waals surface area contributed by atoms with Gasteiger partial charge in [0.05, 0.1) is 23.0 Å². The molecule has 1 atom stereocenters. The van der Waals surface area contributed by atoms with Crippen LogP contribution < -0.4 is 4.72 Å². The molecule has 2 aliphatic rings. The highest BCUT2D eigenvalue weighted by atomic mass is 32.2. The van der Waals surface area contributed by atoms with Gasteiger partial charge in [-0.3, -0.25) is 0 Å². The normalized spacial score (nSPS) is 22.6. The standard InChI is InChI=1S/C19H31N3O5S2/c1-17-4-2-10-21(16-17)11-3-9-20-28(23,24)18-5-7-19(8-6-18)29(25,26)22-12-14-27-15-13-22/h5-8,17,20H,2-4,9-16H2,1H3. The van der Waals surface area contributed by atoms with Crippen LogP contribution in [-0.2, 0) is 24.8 Å². The van der Waals surface area contributed by atoms with Gasteiger partial charge in [0.25, 0.3) is 0 Å². The highest BCUT2D eigenvalue weighted by molar-refractivity contribution is 7.89. The number of ether oxygens (including phenoxy) is 1. The number of benzene rings is 1. The largest absolute Gasteiger partial charge is 0.379 e. The number of rotatable bonds is 8. The number of likely N-dealkylation sites (tertiary alicyclic amines) is 1. The van der Waals surface area contributed by atoms with Crippen molar-refractivity contribution in [2.75, 3.05) is 52.5 Å². The predicted molar refractivity (Wildman–Crippen MR) is 111 cm³/mol. The summed E-state index contributed by atoms with van der Waals surface area (Å²) in [5.74, 6) is 0.702. The topological polar surface area (TPSA) is 96.0 Å². The molecular weight excluding hydrogens is 414 g/mol. The van der Waals surface area contributed by atoms with Gasteiger partial charge in [-0.1, -0.05) is 6.92 Å². The van der Waals surface area contributed by atoms with Crippen LogP contribution in [0.25, 0.3) is 0 Å². The van der Waals surface area contributed by atoms with Gasteiger partial charge in [0.1, 0.15) is 0 Å². The van der Waals surface area contributed by atoms with Gasteiger partial charge in [-0.05, 0) is 62.5 Å². The van der Waals surface area contributed by atoms with E-state index in [0.717, 1.165) is 26.1 Å². The number of morpholine rings is 1. The molecule has 10 heteroatoms. The van der Waals surface area contributed by atoms with Crippen molar-refractivity contribution in [1.82, 2.24) is 13.9 Å². The second kappa shape index (κ2) is 9.84. The molecule has 0 spiro atoms. The lowest BCUT2D eigenvalue weighted by atomic mass is 10.0. The highest BCUT2D eigenvalue weighted by Crippen LogP contribution is 2.19. The van der Waals surface area contributed by atoms with Gasteiger partial charge < -0.3 is 9.64 Å². The molecular formula is C19H31N3O5S2. The molecule has 0 amide bonds. The average molecular weight is 446 g/mol. The molecule has 0 radical (unpaired) electrons. The van der Waals surface area contributed by atoms with E-state index in [0.29, 0.717) is 38.8 Å². The monoisotopic (exact) mass is 445 g/mol. The number of hydrogen-bond acceptors (Lipinski definition) is 6. The number of nitrogens with zero attached hydrogens (tertiary/aromatic N) is 2. The molecule has 1 aromatic rings. The Kier molecular flexibility index (Phi) is 7.69. The molecule has 2 saturated heterocycles. The molecule has 2 fully saturated rings. The molecule has 0 bridgehead atoms. The highest BCUT2D eigenvalue weighted by Gasteiger charge is 2.26. The molecule has 0 saturated carbocycles. The second-order valence-electron chi connectivity index (χ2n) is 7.79. The number of hydrogen-bond donors (Lipinski definition) is 1. The van der Waals surface area contributed by atoms with E-state index in [1.54, 1.807) is 0 Å². The maximum absolute atomic E-state index is 12.6. The van der Waals surface area contributed by atoms with E-state index in [9.17, 15) is 16.8 Å². The van der Waals surface area contributed by atoms with Crippen LogP contribution in [0.3, 0.4) is 0 Å². The van der Waals surface area contributed by atoms with Crippen LogP contribution in [-0.4, -0.2) is 78.5 Å². The van der Waals surface area contributed by atoms with Crippen molar-refractivity contribution in [2.24, 2.45) is 5.92 Å². The van der Waals surface area contributed by atoms with Crippen LogP contribution in [0.15, 0.2) is 34.1 Å². The summed E-state index contributed by atoms with van der Waals surface area (Å²) in [6, 6.07) is 5.41. The van der Waals surface area contributed by atoms with Crippen molar-refractivity contribution >= 4 is 20.0 Å². The summed E-state index contributed by atoms with van der Waals surface area (Å²) in [6.07, 6.45) is 3.21. The fourth-order valence-electron chi connectivity index (χ4n) is 3.81. The molecule has 164 valence electrons. The van der Waals surface area contributed by atoms with Crippen LogP contribution >= 0.6 is 0 Å². The van der Waals surface area contributed by atoms with E-state index in [1.165, 1.54) is 41.4 Å². The molecule has 2 aliphatic heterocycles. The first kappa shape index (κ1) is 22.6. The van der Waals surface area contributed by atoms with Crippen molar-refractivity contribution in [3.05, 3.63) is 24.3 Å². The Morgan fingerprint density at radius 3 is 2.34 bits per heavy atom. The number of piperidine rings is 1. The summed E-state index contributed by atoms with van der Waals surface area (Å²) in [6.45, 7) is 6.99. The smallest absolute Gasteiger partial charge is 0.243 e. The SMILES string of the molecule is CC1CCCN(CCCNS(=O)(=O)c2ccc(S(=O)(=O)N3CCOCC3)cc2)C1. The molecule has 1 unspecified atom stereocenters. The third-order valence-electron chi connectivity index (χ3n) is 5.43. The van der Waals surface area contributed by atoms with Gasteiger partial charge in [-0.15, -0.1) is 0 Å². The zero-order valence-corrected chi connectivity index (χ0v) is 18.6. The first-order valence-corrected chi connectivity index (χ1v) is 13.1. The first-order chi connectivity index (χ1) is 13.8. The molecule has 8 nitrogen and oxygen atoms in total. The average Bonchev–Trinajstić information content (AvgIpc) is 2.72. The van der Waals surface area contributed by atoms with Crippen molar-refractivity contribution in [3.8, 4) is 0 Å². The Hall–Kier alpha value is -1.04. The van der Waals surface area contributed by atoms with E-state index < -0.39 is 20.0 Å². The zero-order valence-electron chi connectivity index (χ0n) is 16.9. The van der Waals surface area contributed by atoms with Gasteiger partial charge in [-0.25, -0.2) is 21.6 Å². The Morgan fingerprint density at radius 2 is 1.69 bits per heavy atom. The fraction of sp³-hybridized carbons (Fsp3) is 0.684. The quantitative estimate of drug-likeness (QED) is 0.602. The van der Waals surface area contributed by atoms with E-state index in [2.05, 4.69) is 16.5 Å². The van der Waals surface area contributed by atoms with E-state index in [1.807, 2.05) is 0 Å². The minimum Gasteiger partial charge on any atom is -0.379 e. The Morgan fingerprint density at radius 1 is 1.03 bits per heavy atom. The fourth-order valence-corrected chi connectivity index (χ4v) is 6.29. The number of sulfonamides is 2.